The highest BCUT2D eigenvalue weighted by Crippen LogP contribution is 2.29. The Kier molecular flexibility index (Phi) is 7.13. The highest BCUT2D eigenvalue weighted by Gasteiger charge is 2.07. The van der Waals surface area contributed by atoms with Gasteiger partial charge in [-0.2, -0.15) is 5.10 Å². The summed E-state index contributed by atoms with van der Waals surface area (Å²) in [6, 6.07) is 5.61. The predicted octanol–water partition coefficient (Wildman–Crippen LogP) is 2.58. The van der Waals surface area contributed by atoms with Crippen molar-refractivity contribution in [3.05, 3.63) is 36.2 Å². The van der Waals surface area contributed by atoms with Crippen LogP contribution >= 0.6 is 0 Å². The molecule has 0 saturated carbocycles. The zero-order valence-corrected chi connectivity index (χ0v) is 15.2. The van der Waals surface area contributed by atoms with Crippen molar-refractivity contribution in [3.63, 3.8) is 0 Å². The molecular weight excluding hydrogens is 318 g/mol. The van der Waals surface area contributed by atoms with E-state index in [1.807, 2.05) is 51.5 Å². The van der Waals surface area contributed by atoms with Crippen molar-refractivity contribution in [2.45, 2.75) is 26.7 Å². The number of anilines is 1. The Morgan fingerprint density at radius 3 is 2.76 bits per heavy atom. The fourth-order valence-electron chi connectivity index (χ4n) is 2.41. The first-order valence-electron chi connectivity index (χ1n) is 8.56. The lowest BCUT2D eigenvalue weighted by Crippen LogP contribution is -2.23. The van der Waals surface area contributed by atoms with Crippen molar-refractivity contribution in [2.24, 2.45) is 17.8 Å². The van der Waals surface area contributed by atoms with Crippen molar-refractivity contribution in [2.75, 3.05) is 25.1 Å². The van der Waals surface area contributed by atoms with Gasteiger partial charge in [-0.25, -0.2) is 0 Å². The fourth-order valence-corrected chi connectivity index (χ4v) is 2.41. The summed E-state index contributed by atoms with van der Waals surface area (Å²) in [5.74, 6) is 1.85. The summed E-state index contributed by atoms with van der Waals surface area (Å²) in [4.78, 5) is 4.38. The van der Waals surface area contributed by atoms with Gasteiger partial charge in [0, 0.05) is 25.9 Å². The number of nitrogens with two attached hydrogens (primary N) is 1. The number of aliphatic imine (C=N–C) groups is 1. The van der Waals surface area contributed by atoms with Crippen LogP contribution < -0.4 is 20.5 Å². The van der Waals surface area contributed by atoms with E-state index in [-0.39, 0.29) is 0 Å². The number of hydrogen-bond donors (Lipinski definition) is 2. The molecule has 1 aromatic heterocycles. The molecular formula is C18H27N5O2. The van der Waals surface area contributed by atoms with E-state index in [4.69, 9.17) is 15.2 Å². The zero-order valence-electron chi connectivity index (χ0n) is 15.2. The van der Waals surface area contributed by atoms with E-state index in [0.717, 1.165) is 30.0 Å². The van der Waals surface area contributed by atoms with Crippen molar-refractivity contribution < 1.29 is 9.47 Å². The van der Waals surface area contributed by atoms with Gasteiger partial charge < -0.3 is 20.5 Å². The summed E-state index contributed by atoms with van der Waals surface area (Å²) in [6.07, 6.45) is 5.72. The molecule has 2 aromatic rings. The Morgan fingerprint density at radius 1 is 1.28 bits per heavy atom. The van der Waals surface area contributed by atoms with Gasteiger partial charge >= 0.3 is 0 Å². The Hall–Kier alpha value is -2.70. The maximum absolute atomic E-state index is 6.00. The van der Waals surface area contributed by atoms with E-state index in [0.29, 0.717) is 25.7 Å². The van der Waals surface area contributed by atoms with Gasteiger partial charge in [0.15, 0.2) is 5.96 Å². The molecule has 25 heavy (non-hydrogen) atoms. The molecule has 1 aromatic carbocycles. The first-order valence-corrected chi connectivity index (χ1v) is 8.56. The average Bonchev–Trinajstić information content (AvgIpc) is 3.00. The molecule has 1 heterocycles. The summed E-state index contributed by atoms with van der Waals surface area (Å²) in [7, 11) is 1.91. The minimum atomic E-state index is 0.362. The number of nitrogens with zero attached hydrogens (tertiary/aromatic N) is 3. The lowest BCUT2D eigenvalue weighted by Gasteiger charge is -2.14. The van der Waals surface area contributed by atoms with Crippen LogP contribution in [0.4, 0.5) is 5.69 Å². The third kappa shape index (κ3) is 6.02. The van der Waals surface area contributed by atoms with Gasteiger partial charge in [-0.15, -0.1) is 0 Å². The van der Waals surface area contributed by atoms with Gasteiger partial charge in [-0.05, 0) is 44.4 Å². The normalized spacial score (nSPS) is 11.4. The molecule has 0 aliphatic carbocycles. The van der Waals surface area contributed by atoms with Crippen LogP contribution in [0.3, 0.4) is 0 Å². The molecule has 0 aliphatic rings. The van der Waals surface area contributed by atoms with Gasteiger partial charge in [0.2, 0.25) is 0 Å². The number of nitrogens with one attached hydrogen (secondary N) is 1. The highest BCUT2D eigenvalue weighted by molar-refractivity contribution is 5.94. The quantitative estimate of drug-likeness (QED) is 0.414. The van der Waals surface area contributed by atoms with E-state index in [1.54, 1.807) is 4.68 Å². The molecule has 0 atom stereocenters. The molecule has 0 fully saturated rings. The van der Waals surface area contributed by atoms with Crippen LogP contribution in [0, 0.1) is 0 Å². The molecule has 0 unspecified atom stereocenters. The molecule has 0 spiro atoms. The smallest absolute Gasteiger partial charge is 0.193 e. The zero-order chi connectivity index (χ0) is 18.1. The van der Waals surface area contributed by atoms with Crippen molar-refractivity contribution in [1.29, 1.82) is 0 Å². The second-order valence-electron chi connectivity index (χ2n) is 5.54. The highest BCUT2D eigenvalue weighted by atomic mass is 16.5. The van der Waals surface area contributed by atoms with E-state index >= 15 is 0 Å². The minimum absolute atomic E-state index is 0.362. The monoisotopic (exact) mass is 345 g/mol. The SMILES string of the molecule is CCOc1ccc(OCC)c(NC(N)=NCCCc2cnn(C)c2)c1. The van der Waals surface area contributed by atoms with E-state index in [1.165, 1.54) is 5.56 Å². The molecule has 2 rings (SSSR count). The van der Waals surface area contributed by atoms with Crippen molar-refractivity contribution >= 4 is 11.6 Å². The van der Waals surface area contributed by atoms with E-state index < -0.39 is 0 Å². The van der Waals surface area contributed by atoms with Gasteiger partial charge in [0.05, 0.1) is 25.1 Å². The molecule has 3 N–H and O–H groups in total. The maximum Gasteiger partial charge on any atom is 0.193 e. The number of aromatic nitrogens is 2. The predicted molar refractivity (Wildman–Crippen MR) is 100 cm³/mol. The first kappa shape index (κ1) is 18.6. The van der Waals surface area contributed by atoms with Crippen LogP contribution in [-0.2, 0) is 13.5 Å². The third-order valence-electron chi connectivity index (χ3n) is 3.49. The van der Waals surface area contributed by atoms with Crippen LogP contribution in [-0.4, -0.2) is 35.5 Å². The first-order chi connectivity index (χ1) is 12.1. The lowest BCUT2D eigenvalue weighted by molar-refractivity contribution is 0.332. The van der Waals surface area contributed by atoms with Crippen molar-refractivity contribution in [3.8, 4) is 11.5 Å². The number of benzene rings is 1. The summed E-state index contributed by atoms with van der Waals surface area (Å²) in [5, 5.41) is 7.26. The summed E-state index contributed by atoms with van der Waals surface area (Å²) >= 11 is 0. The van der Waals surface area contributed by atoms with Gasteiger partial charge in [-0.1, -0.05) is 0 Å². The van der Waals surface area contributed by atoms with Crippen molar-refractivity contribution in [1.82, 2.24) is 9.78 Å². The molecule has 0 radical (unpaired) electrons. The van der Waals surface area contributed by atoms with Crippen LogP contribution in [0.15, 0.2) is 35.6 Å². The summed E-state index contributed by atoms with van der Waals surface area (Å²) < 4.78 is 12.9. The Labute approximate surface area is 148 Å². The molecule has 0 amide bonds. The summed E-state index contributed by atoms with van der Waals surface area (Å²) in [6.45, 7) is 5.71. The second-order valence-corrected chi connectivity index (χ2v) is 5.54. The Balaban J connectivity index is 1.92. The molecule has 0 saturated heterocycles. The van der Waals surface area contributed by atoms with Crippen LogP contribution in [0.5, 0.6) is 11.5 Å². The topological polar surface area (TPSA) is 86.7 Å². The number of hydrogen-bond acceptors (Lipinski definition) is 4. The van der Waals surface area contributed by atoms with Gasteiger partial charge in [-0.3, -0.25) is 9.67 Å². The number of guanidine groups is 1. The second kappa shape index (κ2) is 9.56. The van der Waals surface area contributed by atoms with E-state index in [9.17, 15) is 0 Å². The minimum Gasteiger partial charge on any atom is -0.494 e. The average molecular weight is 345 g/mol. The van der Waals surface area contributed by atoms with Crippen LogP contribution in [0.2, 0.25) is 0 Å². The number of ether oxygens (including phenoxy) is 2. The third-order valence-corrected chi connectivity index (χ3v) is 3.49. The molecule has 0 aliphatic heterocycles. The Morgan fingerprint density at radius 2 is 2.08 bits per heavy atom. The molecule has 7 nitrogen and oxygen atoms in total. The molecule has 0 bridgehead atoms. The van der Waals surface area contributed by atoms with E-state index in [2.05, 4.69) is 15.4 Å². The lowest BCUT2D eigenvalue weighted by atomic mass is 10.2. The summed E-state index contributed by atoms with van der Waals surface area (Å²) in [5.41, 5.74) is 7.96. The fraction of sp³-hybridized carbons (Fsp3) is 0.444. The van der Waals surface area contributed by atoms with Gasteiger partial charge in [0.1, 0.15) is 11.5 Å². The van der Waals surface area contributed by atoms with Crippen LogP contribution in [0.25, 0.3) is 0 Å². The largest absolute Gasteiger partial charge is 0.494 e. The standard InChI is InChI=1S/C18H27N5O2/c1-4-24-15-8-9-17(25-5-2)16(11-15)22-18(19)20-10-6-7-14-12-21-23(3)13-14/h8-9,11-13H,4-7,10H2,1-3H3,(H3,19,20,22). The van der Waals surface area contributed by atoms with Gasteiger partial charge in [0.25, 0.3) is 0 Å². The number of aryl methyl sites for hydroxylation is 2. The maximum atomic E-state index is 6.00. The molecule has 136 valence electrons. The Bertz CT molecular complexity index is 697. The van der Waals surface area contributed by atoms with Crippen LogP contribution in [0.1, 0.15) is 25.8 Å². The molecule has 7 heteroatoms. The number of rotatable bonds is 9.